The van der Waals surface area contributed by atoms with Gasteiger partial charge in [-0.25, -0.2) is 14.8 Å². The number of para-hydroxylation sites is 2. The summed E-state index contributed by atoms with van der Waals surface area (Å²) < 4.78 is 10.2. The molecule has 4 rings (SSSR count). The summed E-state index contributed by atoms with van der Waals surface area (Å²) >= 11 is 1.33. The second-order valence-corrected chi connectivity index (χ2v) is 8.70. The van der Waals surface area contributed by atoms with Crippen molar-refractivity contribution in [3.63, 3.8) is 0 Å². The molecule has 0 saturated carbocycles. The molecule has 1 aliphatic rings. The van der Waals surface area contributed by atoms with E-state index in [0.717, 1.165) is 43.4 Å². The molecule has 1 aliphatic heterocycles. The van der Waals surface area contributed by atoms with Crippen LogP contribution in [0.1, 0.15) is 10.4 Å². The van der Waals surface area contributed by atoms with E-state index in [2.05, 4.69) is 31.2 Å². The Hall–Kier alpha value is -3.79. The third-order valence-electron chi connectivity index (χ3n) is 5.56. The summed E-state index contributed by atoms with van der Waals surface area (Å²) in [6.07, 6.45) is 3.30. The van der Waals surface area contributed by atoms with Crippen LogP contribution in [0.3, 0.4) is 0 Å². The fraction of sp³-hybridized carbons (Fsp3) is 0.280. The van der Waals surface area contributed by atoms with E-state index in [1.165, 1.54) is 18.9 Å². The molecule has 0 radical (unpaired) electrons. The number of piperazine rings is 1. The van der Waals surface area contributed by atoms with Gasteiger partial charge in [0.25, 0.3) is 0 Å². The molecule has 2 aromatic carbocycles. The fourth-order valence-electron chi connectivity index (χ4n) is 3.86. The molecule has 1 saturated heterocycles. The lowest BCUT2D eigenvalue weighted by Gasteiger charge is -2.37. The summed E-state index contributed by atoms with van der Waals surface area (Å²) in [5.74, 6) is 1.15. The van der Waals surface area contributed by atoms with E-state index in [1.807, 2.05) is 18.2 Å². The van der Waals surface area contributed by atoms with Crippen molar-refractivity contribution in [2.24, 2.45) is 0 Å². The monoisotopic (exact) mass is 493 g/mol. The maximum Gasteiger partial charge on any atom is 0.337 e. The first-order chi connectivity index (χ1) is 17.1. The molecule has 0 atom stereocenters. The van der Waals surface area contributed by atoms with Crippen LogP contribution in [0.15, 0.2) is 66.0 Å². The number of methoxy groups -OCH3 is 2. The van der Waals surface area contributed by atoms with E-state index < -0.39 is 5.97 Å². The first-order valence-corrected chi connectivity index (χ1v) is 12.1. The Morgan fingerprint density at radius 3 is 2.49 bits per heavy atom. The van der Waals surface area contributed by atoms with E-state index >= 15 is 0 Å². The predicted molar refractivity (Wildman–Crippen MR) is 137 cm³/mol. The summed E-state index contributed by atoms with van der Waals surface area (Å²) in [6, 6.07) is 14.7. The molecule has 3 aromatic rings. The van der Waals surface area contributed by atoms with Crippen LogP contribution in [0.5, 0.6) is 5.75 Å². The number of hydrogen-bond donors (Lipinski definition) is 1. The highest BCUT2D eigenvalue weighted by molar-refractivity contribution is 8.00. The van der Waals surface area contributed by atoms with Crippen molar-refractivity contribution in [3.05, 3.63) is 66.5 Å². The zero-order valence-corrected chi connectivity index (χ0v) is 20.5. The van der Waals surface area contributed by atoms with Gasteiger partial charge >= 0.3 is 5.97 Å². The first-order valence-electron chi connectivity index (χ1n) is 11.1. The van der Waals surface area contributed by atoms with E-state index in [4.69, 9.17) is 9.47 Å². The maximum absolute atomic E-state index is 12.6. The van der Waals surface area contributed by atoms with Crippen molar-refractivity contribution in [2.75, 3.05) is 61.3 Å². The highest BCUT2D eigenvalue weighted by Gasteiger charge is 2.23. The van der Waals surface area contributed by atoms with E-state index in [0.29, 0.717) is 16.3 Å². The number of aromatic nitrogens is 2. The smallest absolute Gasteiger partial charge is 0.337 e. The van der Waals surface area contributed by atoms with Crippen LogP contribution in [0.25, 0.3) is 0 Å². The lowest BCUT2D eigenvalue weighted by Crippen LogP contribution is -2.47. The Labute approximate surface area is 208 Å². The largest absolute Gasteiger partial charge is 0.495 e. The normalized spacial score (nSPS) is 13.3. The van der Waals surface area contributed by atoms with Gasteiger partial charge in [-0.05, 0) is 30.3 Å². The molecule has 10 heteroatoms. The molecule has 1 aromatic heterocycles. The van der Waals surface area contributed by atoms with Crippen molar-refractivity contribution in [3.8, 4) is 5.75 Å². The van der Waals surface area contributed by atoms with Gasteiger partial charge in [0.05, 0.1) is 31.2 Å². The fourth-order valence-corrected chi connectivity index (χ4v) is 4.65. The SMILES string of the molecule is COC(=O)c1cccc(NC(=O)CSc2nccnc2N2CCN(c3ccccc3OC)CC2)c1. The number of ether oxygens (including phenoxy) is 2. The Morgan fingerprint density at radius 2 is 1.71 bits per heavy atom. The van der Waals surface area contributed by atoms with Gasteiger partial charge in [0.2, 0.25) is 5.91 Å². The van der Waals surface area contributed by atoms with E-state index in [1.54, 1.807) is 43.8 Å². The molecule has 0 bridgehead atoms. The molecule has 0 spiro atoms. The van der Waals surface area contributed by atoms with Crippen LogP contribution < -0.4 is 19.9 Å². The standard InChI is InChI=1S/C25H27N5O4S/c1-33-21-9-4-3-8-20(21)29-12-14-30(15-13-29)23-24(27-11-10-26-23)35-17-22(31)28-19-7-5-6-18(16-19)25(32)34-2/h3-11,16H,12-15,17H2,1-2H3,(H,28,31). The van der Waals surface area contributed by atoms with Crippen LogP contribution in [0.2, 0.25) is 0 Å². The lowest BCUT2D eigenvalue weighted by molar-refractivity contribution is -0.113. The molecule has 1 N–H and O–H groups in total. The molecule has 9 nitrogen and oxygen atoms in total. The van der Waals surface area contributed by atoms with Crippen molar-refractivity contribution in [1.29, 1.82) is 0 Å². The maximum atomic E-state index is 12.6. The summed E-state index contributed by atoms with van der Waals surface area (Å²) in [5, 5.41) is 3.52. The summed E-state index contributed by atoms with van der Waals surface area (Å²) in [7, 11) is 3.01. The molecular formula is C25H27N5O4S. The van der Waals surface area contributed by atoms with Gasteiger partial charge in [0.15, 0.2) is 5.82 Å². The highest BCUT2D eigenvalue weighted by atomic mass is 32.2. The van der Waals surface area contributed by atoms with Crippen molar-refractivity contribution in [1.82, 2.24) is 9.97 Å². The molecule has 1 amide bonds. The summed E-state index contributed by atoms with van der Waals surface area (Å²) in [4.78, 5) is 37.8. The minimum Gasteiger partial charge on any atom is -0.495 e. The minimum atomic E-state index is -0.453. The Balaban J connectivity index is 1.36. The average molecular weight is 494 g/mol. The molecule has 182 valence electrons. The number of rotatable bonds is 8. The van der Waals surface area contributed by atoms with Gasteiger partial charge in [-0.2, -0.15) is 0 Å². The zero-order chi connectivity index (χ0) is 24.6. The Morgan fingerprint density at radius 1 is 0.971 bits per heavy atom. The van der Waals surface area contributed by atoms with Crippen LogP contribution in [-0.4, -0.2) is 68.0 Å². The van der Waals surface area contributed by atoms with Crippen LogP contribution in [0.4, 0.5) is 17.2 Å². The summed E-state index contributed by atoms with van der Waals surface area (Å²) in [6.45, 7) is 3.18. The second-order valence-electron chi connectivity index (χ2n) is 7.74. The molecule has 0 unspecified atom stereocenters. The number of anilines is 3. The van der Waals surface area contributed by atoms with Gasteiger partial charge in [0, 0.05) is 44.3 Å². The van der Waals surface area contributed by atoms with E-state index in [9.17, 15) is 9.59 Å². The van der Waals surface area contributed by atoms with Gasteiger partial charge in [-0.15, -0.1) is 0 Å². The predicted octanol–water partition coefficient (Wildman–Crippen LogP) is 3.33. The van der Waals surface area contributed by atoms with Crippen molar-refractivity contribution >= 4 is 40.8 Å². The quantitative estimate of drug-likeness (QED) is 0.374. The number of thioether (sulfide) groups is 1. The number of amides is 1. The molecular weight excluding hydrogens is 466 g/mol. The topological polar surface area (TPSA) is 96.9 Å². The first kappa shape index (κ1) is 24.3. The van der Waals surface area contributed by atoms with Gasteiger partial charge < -0.3 is 24.6 Å². The third kappa shape index (κ3) is 6.02. The third-order valence-corrected chi connectivity index (χ3v) is 6.53. The number of carbonyl (C=O) groups is 2. The van der Waals surface area contributed by atoms with Gasteiger partial charge in [0.1, 0.15) is 10.8 Å². The molecule has 1 fully saturated rings. The van der Waals surface area contributed by atoms with Crippen LogP contribution >= 0.6 is 11.8 Å². The van der Waals surface area contributed by atoms with Crippen LogP contribution in [0, 0.1) is 0 Å². The van der Waals surface area contributed by atoms with Crippen molar-refractivity contribution in [2.45, 2.75) is 5.03 Å². The average Bonchev–Trinajstić information content (AvgIpc) is 2.92. The minimum absolute atomic E-state index is 0.162. The van der Waals surface area contributed by atoms with Crippen LogP contribution in [-0.2, 0) is 9.53 Å². The number of benzene rings is 2. The number of hydrogen-bond acceptors (Lipinski definition) is 9. The number of esters is 1. The lowest BCUT2D eigenvalue weighted by atomic mass is 10.2. The molecule has 35 heavy (non-hydrogen) atoms. The molecule has 2 heterocycles. The van der Waals surface area contributed by atoms with Gasteiger partial charge in [-0.1, -0.05) is 30.0 Å². The van der Waals surface area contributed by atoms with Gasteiger partial charge in [-0.3, -0.25) is 4.79 Å². The van der Waals surface area contributed by atoms with E-state index in [-0.39, 0.29) is 11.7 Å². The number of carbonyl (C=O) groups excluding carboxylic acids is 2. The molecule has 0 aliphatic carbocycles. The van der Waals surface area contributed by atoms with Crippen molar-refractivity contribution < 1.29 is 19.1 Å². The zero-order valence-electron chi connectivity index (χ0n) is 19.6. The number of nitrogens with zero attached hydrogens (tertiary/aromatic N) is 4. The second kappa shape index (κ2) is 11.6. The number of nitrogens with one attached hydrogen (secondary N) is 1. The highest BCUT2D eigenvalue weighted by Crippen LogP contribution is 2.31. The Bertz CT molecular complexity index is 1180. The Kier molecular flexibility index (Phi) is 8.04. The summed E-state index contributed by atoms with van der Waals surface area (Å²) in [5.41, 5.74) is 1.99.